The number of likely N-dealkylation sites (tertiary alicyclic amines) is 1. The van der Waals surface area contributed by atoms with Crippen LogP contribution in [0, 0.1) is 0 Å². The van der Waals surface area contributed by atoms with E-state index >= 15 is 0 Å². The van der Waals surface area contributed by atoms with Gasteiger partial charge in [0.25, 0.3) is 0 Å². The van der Waals surface area contributed by atoms with Crippen LogP contribution in [0.25, 0.3) is 0 Å². The summed E-state index contributed by atoms with van der Waals surface area (Å²) >= 11 is 0. The highest BCUT2D eigenvalue weighted by Crippen LogP contribution is 2.24. The van der Waals surface area contributed by atoms with Crippen molar-refractivity contribution < 1.29 is 9.59 Å². The van der Waals surface area contributed by atoms with Gasteiger partial charge >= 0.3 is 0 Å². The topological polar surface area (TPSA) is 52.7 Å². The van der Waals surface area contributed by atoms with E-state index in [2.05, 4.69) is 5.32 Å². The molecule has 0 bridgehead atoms. The zero-order valence-electron chi connectivity index (χ0n) is 14.3. The van der Waals surface area contributed by atoms with E-state index in [1.165, 1.54) is 0 Å². The van der Waals surface area contributed by atoms with Gasteiger partial charge in [-0.2, -0.15) is 0 Å². The van der Waals surface area contributed by atoms with Crippen LogP contribution in [0.15, 0.2) is 30.3 Å². The summed E-state index contributed by atoms with van der Waals surface area (Å²) in [5, 5.41) is 2.88. The van der Waals surface area contributed by atoms with Crippen LogP contribution in [0.1, 0.15) is 38.3 Å². The molecular formula is C18H27N3O2. The molecule has 0 saturated carbocycles. The normalized spacial score (nSPS) is 16.0. The van der Waals surface area contributed by atoms with Crippen molar-refractivity contribution >= 4 is 11.8 Å². The van der Waals surface area contributed by atoms with Crippen LogP contribution in [-0.2, 0) is 9.59 Å². The number of amides is 2. The van der Waals surface area contributed by atoms with E-state index in [0.717, 1.165) is 31.5 Å². The van der Waals surface area contributed by atoms with Gasteiger partial charge < -0.3 is 10.2 Å². The molecule has 1 heterocycles. The van der Waals surface area contributed by atoms with Crippen LogP contribution in [0.5, 0.6) is 0 Å². The second-order valence-electron chi connectivity index (χ2n) is 6.48. The van der Waals surface area contributed by atoms with E-state index < -0.39 is 6.04 Å². The molecule has 1 saturated heterocycles. The number of nitrogens with one attached hydrogen (secondary N) is 1. The van der Waals surface area contributed by atoms with E-state index in [1.54, 1.807) is 0 Å². The predicted octanol–water partition coefficient (Wildman–Crippen LogP) is 1.81. The van der Waals surface area contributed by atoms with Crippen molar-refractivity contribution in [3.8, 4) is 0 Å². The second-order valence-corrected chi connectivity index (χ2v) is 6.48. The number of hydrogen-bond donors (Lipinski definition) is 1. The first-order valence-corrected chi connectivity index (χ1v) is 8.32. The minimum absolute atomic E-state index is 0.0577. The Morgan fingerprint density at radius 2 is 1.78 bits per heavy atom. The highest BCUT2D eigenvalue weighted by atomic mass is 16.2. The van der Waals surface area contributed by atoms with Crippen LogP contribution in [0.3, 0.4) is 0 Å². The Hall–Kier alpha value is -1.88. The molecule has 23 heavy (non-hydrogen) atoms. The minimum atomic E-state index is -0.410. The number of nitrogens with zero attached hydrogens (tertiary/aromatic N) is 2. The van der Waals surface area contributed by atoms with Crippen LogP contribution in [0.2, 0.25) is 0 Å². The molecule has 1 atom stereocenters. The minimum Gasteiger partial charge on any atom is -0.353 e. The Bertz CT molecular complexity index is 524. The van der Waals surface area contributed by atoms with Crippen molar-refractivity contribution in [3.05, 3.63) is 35.9 Å². The van der Waals surface area contributed by atoms with E-state index in [-0.39, 0.29) is 24.4 Å². The maximum atomic E-state index is 12.9. The number of benzene rings is 1. The summed E-state index contributed by atoms with van der Waals surface area (Å²) in [6.45, 7) is 5.70. The first-order chi connectivity index (χ1) is 11.0. The third-order valence-corrected chi connectivity index (χ3v) is 4.05. The van der Waals surface area contributed by atoms with Gasteiger partial charge in [0.05, 0.1) is 6.54 Å². The van der Waals surface area contributed by atoms with Crippen molar-refractivity contribution in [2.24, 2.45) is 0 Å². The summed E-state index contributed by atoms with van der Waals surface area (Å²) in [6.07, 6.45) is 2.12. The van der Waals surface area contributed by atoms with Crippen molar-refractivity contribution in [2.75, 3.05) is 26.7 Å². The van der Waals surface area contributed by atoms with Gasteiger partial charge in [-0.15, -0.1) is 0 Å². The highest BCUT2D eigenvalue weighted by molar-refractivity contribution is 5.85. The zero-order chi connectivity index (χ0) is 16.8. The van der Waals surface area contributed by atoms with Crippen LogP contribution in [-0.4, -0.2) is 54.3 Å². The fourth-order valence-electron chi connectivity index (χ4n) is 3.02. The smallest absolute Gasteiger partial charge is 0.244 e. The van der Waals surface area contributed by atoms with Crippen molar-refractivity contribution in [3.63, 3.8) is 0 Å². The molecule has 126 valence electrons. The Morgan fingerprint density at radius 1 is 1.17 bits per heavy atom. The number of hydrogen-bond acceptors (Lipinski definition) is 3. The average molecular weight is 317 g/mol. The fraction of sp³-hybridized carbons (Fsp3) is 0.556. The van der Waals surface area contributed by atoms with Crippen LogP contribution >= 0.6 is 0 Å². The largest absolute Gasteiger partial charge is 0.353 e. The van der Waals surface area contributed by atoms with Gasteiger partial charge in [0.15, 0.2) is 0 Å². The zero-order valence-corrected chi connectivity index (χ0v) is 14.3. The molecule has 0 aliphatic carbocycles. The van der Waals surface area contributed by atoms with E-state index in [0.29, 0.717) is 0 Å². The quantitative estimate of drug-likeness (QED) is 0.870. The maximum Gasteiger partial charge on any atom is 0.244 e. The summed E-state index contributed by atoms with van der Waals surface area (Å²) in [5.41, 5.74) is 0.934. The summed E-state index contributed by atoms with van der Waals surface area (Å²) in [6, 6.07) is 9.40. The molecule has 1 aromatic rings. The summed E-state index contributed by atoms with van der Waals surface area (Å²) in [4.78, 5) is 28.8. The fourth-order valence-corrected chi connectivity index (χ4v) is 3.02. The summed E-state index contributed by atoms with van der Waals surface area (Å²) < 4.78 is 0. The number of rotatable bonds is 6. The monoisotopic (exact) mass is 317 g/mol. The molecule has 1 aliphatic rings. The Morgan fingerprint density at radius 3 is 2.35 bits per heavy atom. The van der Waals surface area contributed by atoms with Gasteiger partial charge in [0.1, 0.15) is 6.04 Å². The van der Waals surface area contributed by atoms with Gasteiger partial charge in [-0.1, -0.05) is 30.3 Å². The lowest BCUT2D eigenvalue weighted by Crippen LogP contribution is -2.45. The Labute approximate surface area is 138 Å². The summed E-state index contributed by atoms with van der Waals surface area (Å²) in [5.74, 6) is 0.0335. The molecule has 0 aromatic heterocycles. The highest BCUT2D eigenvalue weighted by Gasteiger charge is 2.31. The maximum absolute atomic E-state index is 12.9. The first-order valence-electron chi connectivity index (χ1n) is 8.32. The van der Waals surface area contributed by atoms with Crippen molar-refractivity contribution in [2.45, 2.75) is 38.8 Å². The molecule has 1 N–H and O–H groups in total. The van der Waals surface area contributed by atoms with Crippen molar-refractivity contribution in [1.29, 1.82) is 0 Å². The lowest BCUT2D eigenvalue weighted by molar-refractivity contribution is -0.136. The molecule has 0 spiro atoms. The van der Waals surface area contributed by atoms with E-state index in [1.807, 2.05) is 61.0 Å². The van der Waals surface area contributed by atoms with E-state index in [9.17, 15) is 9.59 Å². The molecular weight excluding hydrogens is 290 g/mol. The SMILES string of the molecule is CC(C)NC(=O)CN(C)[C@H](C(=O)N1CCCC1)c1ccccc1. The lowest BCUT2D eigenvalue weighted by Gasteiger charge is -2.30. The summed E-state index contributed by atoms with van der Waals surface area (Å²) in [7, 11) is 1.84. The number of carbonyl (C=O) groups is 2. The predicted molar refractivity (Wildman–Crippen MR) is 90.9 cm³/mol. The molecule has 5 heteroatoms. The molecule has 1 aromatic carbocycles. The lowest BCUT2D eigenvalue weighted by atomic mass is 10.0. The van der Waals surface area contributed by atoms with E-state index in [4.69, 9.17) is 0 Å². The van der Waals surface area contributed by atoms with Gasteiger partial charge in [0, 0.05) is 19.1 Å². The van der Waals surface area contributed by atoms with Crippen molar-refractivity contribution in [1.82, 2.24) is 15.1 Å². The Balaban J connectivity index is 2.15. The molecule has 0 radical (unpaired) electrons. The Kier molecular flexibility index (Phi) is 6.16. The average Bonchev–Trinajstić information content (AvgIpc) is 3.01. The van der Waals surface area contributed by atoms with Gasteiger partial charge in [-0.25, -0.2) is 0 Å². The number of carbonyl (C=O) groups excluding carboxylic acids is 2. The van der Waals surface area contributed by atoms with Crippen LogP contribution in [0.4, 0.5) is 0 Å². The molecule has 5 nitrogen and oxygen atoms in total. The van der Waals surface area contributed by atoms with Gasteiger partial charge in [0.2, 0.25) is 11.8 Å². The third kappa shape index (κ3) is 4.79. The molecule has 2 rings (SSSR count). The molecule has 1 fully saturated rings. The van der Waals surface area contributed by atoms with Gasteiger partial charge in [-0.05, 0) is 39.3 Å². The second kappa shape index (κ2) is 8.11. The standard InChI is InChI=1S/C18H27N3O2/c1-14(2)19-16(22)13-20(3)17(15-9-5-4-6-10-15)18(23)21-11-7-8-12-21/h4-6,9-10,14,17H,7-8,11-13H2,1-3H3,(H,19,22)/t17-/m0/s1. The first kappa shape index (κ1) is 17.5. The molecule has 1 aliphatic heterocycles. The third-order valence-electron chi connectivity index (χ3n) is 4.05. The molecule has 2 amide bonds. The number of likely N-dealkylation sites (N-methyl/N-ethyl adjacent to an activating group) is 1. The van der Waals surface area contributed by atoms with Gasteiger partial charge in [-0.3, -0.25) is 14.5 Å². The van der Waals surface area contributed by atoms with Crippen LogP contribution < -0.4 is 5.32 Å². The molecule has 0 unspecified atom stereocenters.